The summed E-state index contributed by atoms with van der Waals surface area (Å²) in [6.45, 7) is 3.51. The van der Waals surface area contributed by atoms with Gasteiger partial charge in [-0.05, 0) is 0 Å². The molecule has 6 heteroatoms. The maximum absolute atomic E-state index is 13.6. The number of nitro benzene ring substituents is 1. The molecule has 0 aliphatic rings. The van der Waals surface area contributed by atoms with Gasteiger partial charge in [-0.25, -0.2) is 0 Å². The summed E-state index contributed by atoms with van der Waals surface area (Å²) in [4.78, 5) is 11.6. The van der Waals surface area contributed by atoms with Crippen LogP contribution in [-0.2, 0) is 0 Å². The third-order valence-corrected chi connectivity index (χ3v) is 2.07. The molecule has 0 saturated carbocycles. The zero-order valence-corrected chi connectivity index (χ0v) is 9.64. The number of halogens is 1. The Bertz CT molecular complexity index is 447. The van der Waals surface area contributed by atoms with E-state index in [9.17, 15) is 14.5 Å². The summed E-state index contributed by atoms with van der Waals surface area (Å²) in [5, 5.41) is 10.7. The highest BCUT2D eigenvalue weighted by molar-refractivity contribution is 5.59. The molecular weight excluding hydrogens is 227 g/mol. The number of benzene rings is 1. The molecule has 1 aromatic carbocycles. The molecule has 0 atom stereocenters. The number of hydrogen-bond donors (Lipinski definition) is 0. The van der Waals surface area contributed by atoms with Gasteiger partial charge in [-0.1, -0.05) is 12.7 Å². The minimum Gasteiger partial charge on any atom is -0.482 e. The second kappa shape index (κ2) is 5.29. The van der Waals surface area contributed by atoms with Crippen molar-refractivity contribution in [1.29, 1.82) is 0 Å². The summed E-state index contributed by atoms with van der Waals surface area (Å²) < 4.78 is 18.7. The Morgan fingerprint density at radius 1 is 1.59 bits per heavy atom. The third kappa shape index (κ3) is 2.93. The van der Waals surface area contributed by atoms with E-state index in [2.05, 4.69) is 6.58 Å². The number of hydrogen-bond acceptors (Lipinski definition) is 4. The Morgan fingerprint density at radius 3 is 2.71 bits per heavy atom. The zero-order valence-electron chi connectivity index (χ0n) is 9.64. The average molecular weight is 240 g/mol. The van der Waals surface area contributed by atoms with Crippen molar-refractivity contribution in [3.63, 3.8) is 0 Å². The van der Waals surface area contributed by atoms with Crippen LogP contribution in [0, 0.1) is 15.9 Å². The molecule has 1 rings (SSSR count). The van der Waals surface area contributed by atoms with E-state index < -0.39 is 16.4 Å². The van der Waals surface area contributed by atoms with E-state index >= 15 is 0 Å². The van der Waals surface area contributed by atoms with Crippen molar-refractivity contribution in [1.82, 2.24) is 0 Å². The highest BCUT2D eigenvalue weighted by Gasteiger charge is 2.23. The van der Waals surface area contributed by atoms with Crippen LogP contribution in [0.3, 0.4) is 0 Å². The normalized spacial score (nSPS) is 9.82. The minimum atomic E-state index is -0.916. The molecule has 0 radical (unpaired) electrons. The lowest BCUT2D eigenvalue weighted by atomic mass is 10.2. The van der Waals surface area contributed by atoms with Crippen LogP contribution in [0.2, 0.25) is 0 Å². The molecule has 0 aliphatic carbocycles. The molecular formula is C11H13FN2O3. The number of rotatable bonds is 5. The molecule has 0 N–H and O–H groups in total. The van der Waals surface area contributed by atoms with Gasteiger partial charge in [0.25, 0.3) is 0 Å². The van der Waals surface area contributed by atoms with E-state index in [1.165, 1.54) is 12.1 Å². The first-order valence-corrected chi connectivity index (χ1v) is 4.86. The summed E-state index contributed by atoms with van der Waals surface area (Å²) >= 11 is 0. The maximum atomic E-state index is 13.6. The van der Waals surface area contributed by atoms with Crippen molar-refractivity contribution in [3.05, 3.63) is 40.7 Å². The number of ether oxygens (including phenoxy) is 1. The van der Waals surface area contributed by atoms with Gasteiger partial charge in [0, 0.05) is 31.9 Å². The zero-order chi connectivity index (χ0) is 13.0. The second-order valence-electron chi connectivity index (χ2n) is 3.53. The van der Waals surface area contributed by atoms with Crippen LogP contribution in [0.25, 0.3) is 0 Å². The van der Waals surface area contributed by atoms with Gasteiger partial charge in [-0.3, -0.25) is 10.1 Å². The second-order valence-corrected chi connectivity index (χ2v) is 3.53. The van der Waals surface area contributed by atoms with Gasteiger partial charge in [0.2, 0.25) is 11.6 Å². The molecule has 0 spiro atoms. The SMILES string of the molecule is C=CCOc1cc(N(C)C)cc(F)c1[N+](=O)[O-]. The Balaban J connectivity index is 3.28. The molecule has 0 bridgehead atoms. The summed E-state index contributed by atoms with van der Waals surface area (Å²) in [6.07, 6.45) is 1.43. The molecule has 0 fully saturated rings. The Morgan fingerprint density at radius 2 is 2.24 bits per heavy atom. The fourth-order valence-electron chi connectivity index (χ4n) is 1.25. The Labute approximate surface area is 98.3 Å². The van der Waals surface area contributed by atoms with E-state index in [0.29, 0.717) is 5.69 Å². The lowest BCUT2D eigenvalue weighted by Crippen LogP contribution is -2.10. The highest BCUT2D eigenvalue weighted by atomic mass is 19.1. The molecule has 0 unspecified atom stereocenters. The van der Waals surface area contributed by atoms with E-state index in [-0.39, 0.29) is 12.4 Å². The quantitative estimate of drug-likeness (QED) is 0.450. The van der Waals surface area contributed by atoms with Gasteiger partial charge >= 0.3 is 5.69 Å². The molecule has 0 heterocycles. The average Bonchev–Trinajstić information content (AvgIpc) is 2.24. The molecule has 0 aromatic heterocycles. The summed E-state index contributed by atoms with van der Waals surface area (Å²) in [6, 6.07) is 2.52. The van der Waals surface area contributed by atoms with Gasteiger partial charge in [0.1, 0.15) is 6.61 Å². The first kappa shape index (κ1) is 13.0. The lowest BCUT2D eigenvalue weighted by molar-refractivity contribution is -0.388. The highest BCUT2D eigenvalue weighted by Crippen LogP contribution is 2.34. The number of anilines is 1. The summed E-state index contributed by atoms with van der Waals surface area (Å²) in [7, 11) is 3.41. The predicted molar refractivity (Wildman–Crippen MR) is 63.1 cm³/mol. The molecule has 92 valence electrons. The number of nitrogens with zero attached hydrogens (tertiary/aromatic N) is 2. The Kier molecular flexibility index (Phi) is 4.03. The largest absolute Gasteiger partial charge is 0.482 e. The van der Waals surface area contributed by atoms with Gasteiger partial charge < -0.3 is 9.64 Å². The van der Waals surface area contributed by atoms with Crippen LogP contribution in [0.4, 0.5) is 15.8 Å². The molecule has 1 aromatic rings. The van der Waals surface area contributed by atoms with Gasteiger partial charge in [0.15, 0.2) is 0 Å². The fourth-order valence-corrected chi connectivity index (χ4v) is 1.25. The first-order chi connectivity index (χ1) is 7.97. The van der Waals surface area contributed by atoms with E-state index in [0.717, 1.165) is 6.07 Å². The van der Waals surface area contributed by atoms with Crippen LogP contribution in [-0.4, -0.2) is 25.6 Å². The molecule has 17 heavy (non-hydrogen) atoms. The van der Waals surface area contributed by atoms with Crippen molar-refractivity contribution < 1.29 is 14.1 Å². The van der Waals surface area contributed by atoms with Crippen molar-refractivity contribution in [2.45, 2.75) is 0 Å². The van der Waals surface area contributed by atoms with E-state index in [4.69, 9.17) is 4.74 Å². The fraction of sp³-hybridized carbons (Fsp3) is 0.273. The van der Waals surface area contributed by atoms with Crippen LogP contribution in [0.15, 0.2) is 24.8 Å². The topological polar surface area (TPSA) is 55.6 Å². The predicted octanol–water partition coefficient (Wildman–Crippen LogP) is 2.36. The monoisotopic (exact) mass is 240 g/mol. The van der Waals surface area contributed by atoms with Gasteiger partial charge in [0.05, 0.1) is 4.92 Å². The van der Waals surface area contributed by atoms with E-state index in [1.807, 2.05) is 0 Å². The first-order valence-electron chi connectivity index (χ1n) is 4.86. The number of nitro groups is 1. The summed E-state index contributed by atoms with van der Waals surface area (Å²) in [5.41, 5.74) is -0.162. The van der Waals surface area contributed by atoms with Crippen LogP contribution in [0.5, 0.6) is 5.75 Å². The minimum absolute atomic E-state index is 0.0805. The molecule has 5 nitrogen and oxygen atoms in total. The molecule has 0 aliphatic heterocycles. The van der Waals surface area contributed by atoms with Crippen LogP contribution in [0.1, 0.15) is 0 Å². The Hall–Kier alpha value is -2.11. The molecule has 0 saturated heterocycles. The van der Waals surface area contributed by atoms with Gasteiger partial charge in [-0.2, -0.15) is 4.39 Å². The summed E-state index contributed by atoms with van der Waals surface area (Å²) in [5.74, 6) is -1.01. The van der Waals surface area contributed by atoms with Crippen LogP contribution < -0.4 is 9.64 Å². The van der Waals surface area contributed by atoms with Crippen molar-refractivity contribution in [2.24, 2.45) is 0 Å². The molecule has 0 amide bonds. The third-order valence-electron chi connectivity index (χ3n) is 2.07. The van der Waals surface area contributed by atoms with Gasteiger partial charge in [-0.15, -0.1) is 0 Å². The van der Waals surface area contributed by atoms with Crippen molar-refractivity contribution in [2.75, 3.05) is 25.6 Å². The van der Waals surface area contributed by atoms with Crippen molar-refractivity contribution in [3.8, 4) is 5.75 Å². The lowest BCUT2D eigenvalue weighted by Gasteiger charge is -2.14. The maximum Gasteiger partial charge on any atom is 0.346 e. The standard InChI is InChI=1S/C11H13FN2O3/c1-4-5-17-10-7-8(13(2)3)6-9(12)11(10)14(15)16/h4,6-7H,1,5H2,2-3H3. The van der Waals surface area contributed by atoms with Crippen molar-refractivity contribution >= 4 is 11.4 Å². The van der Waals surface area contributed by atoms with E-state index in [1.54, 1.807) is 19.0 Å². The van der Waals surface area contributed by atoms with Crippen LogP contribution >= 0.6 is 0 Å². The smallest absolute Gasteiger partial charge is 0.346 e.